The number of carbonyl (C=O) groups excluding carboxylic acids is 1. The summed E-state index contributed by atoms with van der Waals surface area (Å²) in [6.07, 6.45) is 0. The Kier molecular flexibility index (Phi) is 4.97. The number of anilines is 1. The van der Waals surface area contributed by atoms with E-state index < -0.39 is 0 Å². The number of aromatic nitrogens is 1. The normalized spacial score (nSPS) is 10.8. The lowest BCUT2D eigenvalue weighted by Crippen LogP contribution is -2.13. The van der Waals surface area contributed by atoms with Gasteiger partial charge in [-0.1, -0.05) is 59.3 Å². The van der Waals surface area contributed by atoms with E-state index in [4.69, 9.17) is 11.6 Å². The van der Waals surface area contributed by atoms with Crippen LogP contribution in [0.15, 0.2) is 48.5 Å². The molecule has 3 aromatic rings. The molecule has 0 unspecified atom stereocenters. The van der Waals surface area contributed by atoms with E-state index in [0.29, 0.717) is 15.9 Å². The number of nitrogens with one attached hydrogen (secondary N) is 1. The number of thiazole rings is 1. The summed E-state index contributed by atoms with van der Waals surface area (Å²) in [4.78, 5) is 16.3. The Morgan fingerprint density at radius 3 is 2.77 bits per heavy atom. The number of nitrogens with zero attached hydrogens (tertiary/aromatic N) is 1. The van der Waals surface area contributed by atoms with Crippen LogP contribution in [0, 0.1) is 0 Å². The molecule has 0 spiro atoms. The first-order valence-corrected chi connectivity index (χ1v) is 9.04. The van der Waals surface area contributed by atoms with E-state index in [9.17, 15) is 4.79 Å². The zero-order valence-electron chi connectivity index (χ0n) is 11.6. The van der Waals surface area contributed by atoms with Gasteiger partial charge in [-0.3, -0.25) is 4.79 Å². The summed E-state index contributed by atoms with van der Waals surface area (Å²) >= 11 is 9.10. The summed E-state index contributed by atoms with van der Waals surface area (Å²) in [5, 5.41) is 4.03. The molecule has 3 rings (SSSR count). The summed E-state index contributed by atoms with van der Waals surface area (Å²) in [7, 11) is 0. The molecule has 1 amide bonds. The minimum atomic E-state index is -0.0453. The van der Waals surface area contributed by atoms with Crippen molar-refractivity contribution in [3.8, 4) is 0 Å². The van der Waals surface area contributed by atoms with Gasteiger partial charge in [-0.15, -0.1) is 11.8 Å². The van der Waals surface area contributed by atoms with Gasteiger partial charge in [0.2, 0.25) is 5.91 Å². The van der Waals surface area contributed by atoms with Crippen LogP contribution in [0.1, 0.15) is 5.56 Å². The van der Waals surface area contributed by atoms with Gasteiger partial charge in [-0.05, 0) is 17.7 Å². The Morgan fingerprint density at radius 2 is 2.00 bits per heavy atom. The molecule has 0 bridgehead atoms. The van der Waals surface area contributed by atoms with Gasteiger partial charge < -0.3 is 5.32 Å². The highest BCUT2D eigenvalue weighted by molar-refractivity contribution is 7.99. The van der Waals surface area contributed by atoms with Crippen LogP contribution in [0.3, 0.4) is 0 Å². The maximum atomic E-state index is 12.0. The van der Waals surface area contributed by atoms with Crippen LogP contribution in [0.25, 0.3) is 10.2 Å². The predicted octanol–water partition coefficient (Wildman–Crippen LogP) is 4.82. The number of hydrogen-bond acceptors (Lipinski definition) is 4. The van der Waals surface area contributed by atoms with Gasteiger partial charge in [0.05, 0.1) is 15.5 Å². The molecule has 112 valence electrons. The molecule has 0 aliphatic rings. The van der Waals surface area contributed by atoms with E-state index in [1.54, 1.807) is 17.8 Å². The molecule has 6 heteroatoms. The summed E-state index contributed by atoms with van der Waals surface area (Å²) in [6, 6.07) is 15.7. The van der Waals surface area contributed by atoms with Crippen LogP contribution in [0.2, 0.25) is 5.02 Å². The first-order chi connectivity index (χ1) is 10.7. The van der Waals surface area contributed by atoms with Gasteiger partial charge in [-0.25, -0.2) is 4.98 Å². The standard InChI is InChI=1S/C16H13ClN2OS2/c17-12-7-4-8-13-15(12)19-16(22-13)18-14(20)10-21-9-11-5-2-1-3-6-11/h1-8H,9-10H2,(H,18,19,20). The van der Waals surface area contributed by atoms with E-state index >= 15 is 0 Å². The molecule has 2 aromatic carbocycles. The zero-order valence-corrected chi connectivity index (χ0v) is 14.0. The third-order valence-corrected chi connectivity index (χ3v) is 5.21. The number of hydrogen-bond donors (Lipinski definition) is 1. The highest BCUT2D eigenvalue weighted by Gasteiger charge is 2.09. The van der Waals surface area contributed by atoms with Crippen molar-refractivity contribution in [3.05, 3.63) is 59.1 Å². The van der Waals surface area contributed by atoms with E-state index in [2.05, 4.69) is 22.4 Å². The molecular formula is C16H13ClN2OS2. The summed E-state index contributed by atoms with van der Waals surface area (Å²) in [5.74, 6) is 1.18. The predicted molar refractivity (Wildman–Crippen MR) is 95.9 cm³/mol. The molecule has 0 aliphatic carbocycles. The molecule has 3 nitrogen and oxygen atoms in total. The van der Waals surface area contributed by atoms with Crippen LogP contribution >= 0.6 is 34.7 Å². The SMILES string of the molecule is O=C(CSCc1ccccc1)Nc1nc2c(Cl)cccc2s1. The average molecular weight is 349 g/mol. The van der Waals surface area contributed by atoms with E-state index in [1.165, 1.54) is 16.9 Å². The molecule has 0 saturated heterocycles. The summed E-state index contributed by atoms with van der Waals surface area (Å²) in [6.45, 7) is 0. The van der Waals surface area contributed by atoms with Crippen molar-refractivity contribution in [2.24, 2.45) is 0 Å². The van der Waals surface area contributed by atoms with Crippen molar-refractivity contribution in [2.45, 2.75) is 5.75 Å². The number of benzene rings is 2. The van der Waals surface area contributed by atoms with E-state index in [1.807, 2.05) is 30.3 Å². The number of thioether (sulfide) groups is 1. The Bertz CT molecular complexity index is 789. The Labute approximate surface area is 141 Å². The van der Waals surface area contributed by atoms with Crippen LogP contribution in [-0.4, -0.2) is 16.6 Å². The summed E-state index contributed by atoms with van der Waals surface area (Å²) in [5.41, 5.74) is 1.95. The molecule has 1 aromatic heterocycles. The Morgan fingerprint density at radius 1 is 1.18 bits per heavy atom. The highest BCUT2D eigenvalue weighted by Crippen LogP contribution is 2.30. The van der Waals surface area contributed by atoms with Crippen LogP contribution < -0.4 is 5.32 Å². The van der Waals surface area contributed by atoms with E-state index in [-0.39, 0.29) is 5.91 Å². The van der Waals surface area contributed by atoms with E-state index in [0.717, 1.165) is 16.0 Å². The number of fused-ring (bicyclic) bond motifs is 1. The number of carbonyl (C=O) groups is 1. The molecule has 0 aliphatic heterocycles. The van der Waals surface area contributed by atoms with Crippen molar-refractivity contribution < 1.29 is 4.79 Å². The van der Waals surface area contributed by atoms with Crippen molar-refractivity contribution in [1.82, 2.24) is 4.98 Å². The van der Waals surface area contributed by atoms with Crippen molar-refractivity contribution in [1.29, 1.82) is 0 Å². The van der Waals surface area contributed by atoms with Crippen LogP contribution in [0.5, 0.6) is 0 Å². The first kappa shape index (κ1) is 15.3. The van der Waals surface area contributed by atoms with Gasteiger partial charge in [0.1, 0.15) is 5.52 Å². The third-order valence-electron chi connectivity index (χ3n) is 2.96. The van der Waals surface area contributed by atoms with Gasteiger partial charge in [-0.2, -0.15) is 0 Å². The quantitative estimate of drug-likeness (QED) is 0.718. The average Bonchev–Trinajstić information content (AvgIpc) is 2.92. The maximum Gasteiger partial charge on any atom is 0.236 e. The van der Waals surface area contributed by atoms with Gasteiger partial charge in [0.15, 0.2) is 5.13 Å². The van der Waals surface area contributed by atoms with Gasteiger partial charge >= 0.3 is 0 Å². The zero-order chi connectivity index (χ0) is 15.4. The Hall–Kier alpha value is -1.56. The van der Waals surface area contributed by atoms with Crippen molar-refractivity contribution in [3.63, 3.8) is 0 Å². The minimum Gasteiger partial charge on any atom is -0.301 e. The largest absolute Gasteiger partial charge is 0.301 e. The first-order valence-electron chi connectivity index (χ1n) is 6.69. The fourth-order valence-corrected chi connectivity index (χ4v) is 3.93. The second kappa shape index (κ2) is 7.13. The monoisotopic (exact) mass is 348 g/mol. The minimum absolute atomic E-state index is 0.0453. The molecule has 22 heavy (non-hydrogen) atoms. The number of rotatable bonds is 5. The van der Waals surface area contributed by atoms with Crippen LogP contribution in [-0.2, 0) is 10.5 Å². The number of amides is 1. The lowest BCUT2D eigenvalue weighted by molar-refractivity contribution is -0.113. The number of halogens is 1. The second-order valence-corrected chi connectivity index (χ2v) is 7.06. The van der Waals surface area contributed by atoms with Gasteiger partial charge in [0.25, 0.3) is 0 Å². The molecule has 0 saturated carbocycles. The van der Waals surface area contributed by atoms with Crippen molar-refractivity contribution >= 4 is 56.0 Å². The third kappa shape index (κ3) is 3.80. The smallest absolute Gasteiger partial charge is 0.236 e. The highest BCUT2D eigenvalue weighted by atomic mass is 35.5. The van der Waals surface area contributed by atoms with Crippen molar-refractivity contribution in [2.75, 3.05) is 11.1 Å². The molecule has 0 radical (unpaired) electrons. The fourth-order valence-electron chi connectivity index (χ4n) is 1.96. The number of para-hydroxylation sites is 1. The topological polar surface area (TPSA) is 42.0 Å². The molecule has 1 N–H and O–H groups in total. The summed E-state index contributed by atoms with van der Waals surface area (Å²) < 4.78 is 0.972. The lowest BCUT2D eigenvalue weighted by Gasteiger charge is -2.02. The Balaban J connectivity index is 1.55. The second-order valence-electron chi connectivity index (χ2n) is 4.63. The maximum absolute atomic E-state index is 12.0. The molecule has 1 heterocycles. The molecule has 0 atom stereocenters. The van der Waals surface area contributed by atoms with Crippen LogP contribution in [0.4, 0.5) is 5.13 Å². The lowest BCUT2D eigenvalue weighted by atomic mass is 10.2. The molecule has 0 fully saturated rings. The molecular weight excluding hydrogens is 336 g/mol. The fraction of sp³-hybridized carbons (Fsp3) is 0.125. The van der Waals surface area contributed by atoms with Gasteiger partial charge in [0, 0.05) is 5.75 Å².